The van der Waals surface area contributed by atoms with Crippen molar-refractivity contribution in [3.8, 4) is 0 Å². The molecule has 1 amide bonds. The number of sulfonamides is 1. The highest BCUT2D eigenvalue weighted by molar-refractivity contribution is 7.89. The lowest BCUT2D eigenvalue weighted by atomic mass is 9.89. The molecule has 1 heterocycles. The standard InChI is InChI=1S/C25H29FN2O4S/c26-22-8-10-23(11-9-22)33(31,32)28-15-3-14-27(16-17-28)25(30)13-12-24(29)21-7-6-19-4-1-2-5-20(19)18-21/h6-11,18H,1-5,12-17H2. The Hall–Kier alpha value is -2.58. The molecular weight excluding hydrogens is 443 g/mol. The molecule has 2 aliphatic rings. The fourth-order valence-corrected chi connectivity index (χ4v) is 6.04. The highest BCUT2D eigenvalue weighted by atomic mass is 32.2. The molecule has 1 saturated heterocycles. The first kappa shape index (κ1) is 23.6. The summed E-state index contributed by atoms with van der Waals surface area (Å²) in [4.78, 5) is 27.1. The van der Waals surface area contributed by atoms with Crippen LogP contribution in [0, 0.1) is 5.82 Å². The molecule has 0 unspecified atom stereocenters. The number of nitrogens with zero attached hydrogens (tertiary/aromatic N) is 2. The minimum Gasteiger partial charge on any atom is -0.341 e. The Kier molecular flexibility index (Phi) is 7.24. The van der Waals surface area contributed by atoms with Gasteiger partial charge >= 0.3 is 0 Å². The van der Waals surface area contributed by atoms with Crippen LogP contribution in [0.25, 0.3) is 0 Å². The molecule has 2 aromatic carbocycles. The normalized spacial score (nSPS) is 17.3. The monoisotopic (exact) mass is 472 g/mol. The van der Waals surface area contributed by atoms with E-state index in [1.54, 1.807) is 4.90 Å². The third kappa shape index (κ3) is 5.50. The summed E-state index contributed by atoms with van der Waals surface area (Å²) in [6.07, 6.45) is 5.15. The Balaban J connectivity index is 1.32. The van der Waals surface area contributed by atoms with Gasteiger partial charge in [0.15, 0.2) is 5.78 Å². The Morgan fingerprint density at radius 2 is 1.55 bits per heavy atom. The number of halogens is 1. The van der Waals surface area contributed by atoms with E-state index in [0.717, 1.165) is 31.4 Å². The Morgan fingerprint density at radius 1 is 0.818 bits per heavy atom. The van der Waals surface area contributed by atoms with Crippen molar-refractivity contribution in [3.63, 3.8) is 0 Å². The molecule has 8 heteroatoms. The summed E-state index contributed by atoms with van der Waals surface area (Å²) in [5, 5.41) is 0. The molecule has 0 N–H and O–H groups in total. The van der Waals surface area contributed by atoms with Gasteiger partial charge in [0, 0.05) is 44.6 Å². The number of hydrogen-bond acceptors (Lipinski definition) is 4. The van der Waals surface area contributed by atoms with Gasteiger partial charge in [0.05, 0.1) is 4.90 Å². The van der Waals surface area contributed by atoms with Crippen LogP contribution in [0.2, 0.25) is 0 Å². The molecule has 1 fully saturated rings. The average Bonchev–Trinajstić information content (AvgIpc) is 3.09. The average molecular weight is 473 g/mol. The van der Waals surface area contributed by atoms with E-state index < -0.39 is 15.8 Å². The van der Waals surface area contributed by atoms with Crippen molar-refractivity contribution in [3.05, 3.63) is 65.0 Å². The molecule has 176 valence electrons. The molecule has 6 nitrogen and oxygen atoms in total. The van der Waals surface area contributed by atoms with E-state index in [1.807, 2.05) is 18.2 Å². The van der Waals surface area contributed by atoms with Gasteiger partial charge in [-0.05, 0) is 73.6 Å². The summed E-state index contributed by atoms with van der Waals surface area (Å²) in [6, 6.07) is 10.6. The topological polar surface area (TPSA) is 74.8 Å². The fourth-order valence-electron chi connectivity index (χ4n) is 4.57. The molecule has 0 saturated carbocycles. The van der Waals surface area contributed by atoms with Gasteiger partial charge in [-0.1, -0.05) is 12.1 Å². The van der Waals surface area contributed by atoms with E-state index in [1.165, 1.54) is 34.0 Å². The first-order valence-electron chi connectivity index (χ1n) is 11.5. The SMILES string of the molecule is O=C(CCC(=O)N1CCCN(S(=O)(=O)c2ccc(F)cc2)CC1)c1ccc2c(c1)CCCC2. The Bertz CT molecular complexity index is 1130. The van der Waals surface area contributed by atoms with Gasteiger partial charge in [-0.15, -0.1) is 0 Å². The molecule has 0 atom stereocenters. The lowest BCUT2D eigenvalue weighted by molar-refractivity contribution is -0.131. The number of carbonyl (C=O) groups is 2. The lowest BCUT2D eigenvalue weighted by Gasteiger charge is -2.22. The molecule has 33 heavy (non-hydrogen) atoms. The van der Waals surface area contributed by atoms with Crippen molar-refractivity contribution in [2.24, 2.45) is 0 Å². The summed E-state index contributed by atoms with van der Waals surface area (Å²) in [5.41, 5.74) is 3.22. The Morgan fingerprint density at radius 3 is 2.30 bits per heavy atom. The Labute approximate surface area is 194 Å². The molecule has 0 bridgehead atoms. The molecule has 0 radical (unpaired) electrons. The molecule has 0 aromatic heterocycles. The van der Waals surface area contributed by atoms with Gasteiger partial charge in [0.1, 0.15) is 5.82 Å². The summed E-state index contributed by atoms with van der Waals surface area (Å²) in [6.45, 7) is 1.18. The van der Waals surface area contributed by atoms with Gasteiger partial charge in [0.25, 0.3) is 0 Å². The summed E-state index contributed by atoms with van der Waals surface area (Å²) < 4.78 is 40.2. The summed E-state index contributed by atoms with van der Waals surface area (Å²) >= 11 is 0. The quantitative estimate of drug-likeness (QED) is 0.602. The molecule has 2 aromatic rings. The number of amides is 1. The van der Waals surface area contributed by atoms with Crippen LogP contribution in [-0.4, -0.2) is 55.5 Å². The number of Topliss-reactive ketones (excluding diaryl/α,β-unsaturated/α-hetero) is 1. The zero-order valence-electron chi connectivity index (χ0n) is 18.6. The van der Waals surface area contributed by atoms with Gasteiger partial charge in [0.2, 0.25) is 15.9 Å². The largest absolute Gasteiger partial charge is 0.341 e. The van der Waals surface area contributed by atoms with Crippen LogP contribution in [0.3, 0.4) is 0 Å². The molecule has 1 aliphatic carbocycles. The number of carbonyl (C=O) groups excluding carboxylic acids is 2. The van der Waals surface area contributed by atoms with Gasteiger partial charge < -0.3 is 4.90 Å². The first-order valence-corrected chi connectivity index (χ1v) is 13.0. The number of fused-ring (bicyclic) bond motifs is 1. The van der Waals surface area contributed by atoms with Crippen molar-refractivity contribution < 1.29 is 22.4 Å². The van der Waals surface area contributed by atoms with Crippen molar-refractivity contribution in [1.82, 2.24) is 9.21 Å². The smallest absolute Gasteiger partial charge is 0.243 e. The first-order chi connectivity index (χ1) is 15.8. The van der Waals surface area contributed by atoms with E-state index in [2.05, 4.69) is 0 Å². The second-order valence-corrected chi connectivity index (χ2v) is 10.6. The number of ketones is 1. The van der Waals surface area contributed by atoms with Crippen LogP contribution in [0.15, 0.2) is 47.4 Å². The van der Waals surface area contributed by atoms with E-state index in [4.69, 9.17) is 0 Å². The van der Waals surface area contributed by atoms with E-state index in [0.29, 0.717) is 18.5 Å². The van der Waals surface area contributed by atoms with Crippen molar-refractivity contribution in [2.45, 2.75) is 49.8 Å². The van der Waals surface area contributed by atoms with E-state index in [-0.39, 0.29) is 49.1 Å². The summed E-state index contributed by atoms with van der Waals surface area (Å²) in [7, 11) is -3.75. The van der Waals surface area contributed by atoms with Gasteiger partial charge in [-0.3, -0.25) is 9.59 Å². The lowest BCUT2D eigenvalue weighted by Crippen LogP contribution is -2.37. The van der Waals surface area contributed by atoms with Crippen LogP contribution in [0.5, 0.6) is 0 Å². The zero-order valence-corrected chi connectivity index (χ0v) is 19.4. The molecule has 4 rings (SSSR count). The maximum Gasteiger partial charge on any atom is 0.243 e. The van der Waals surface area contributed by atoms with Crippen LogP contribution in [-0.2, 0) is 27.7 Å². The highest BCUT2D eigenvalue weighted by Crippen LogP contribution is 2.23. The van der Waals surface area contributed by atoms with Crippen molar-refractivity contribution >= 4 is 21.7 Å². The third-order valence-electron chi connectivity index (χ3n) is 6.50. The number of hydrogen-bond donors (Lipinski definition) is 0. The molecule has 1 aliphatic heterocycles. The number of aryl methyl sites for hydroxylation is 2. The minimum absolute atomic E-state index is 0.0351. The number of benzene rings is 2. The van der Waals surface area contributed by atoms with Crippen molar-refractivity contribution in [2.75, 3.05) is 26.2 Å². The predicted molar refractivity (Wildman–Crippen MR) is 123 cm³/mol. The zero-order chi connectivity index (χ0) is 23.4. The van der Waals surface area contributed by atoms with Gasteiger partial charge in [-0.2, -0.15) is 4.31 Å². The maximum absolute atomic E-state index is 13.2. The predicted octanol–water partition coefficient (Wildman–Crippen LogP) is 3.59. The van der Waals surface area contributed by atoms with Crippen LogP contribution in [0.1, 0.15) is 53.6 Å². The van der Waals surface area contributed by atoms with Crippen LogP contribution >= 0.6 is 0 Å². The number of rotatable bonds is 6. The second-order valence-electron chi connectivity index (χ2n) is 8.71. The maximum atomic E-state index is 13.2. The molecule has 0 spiro atoms. The van der Waals surface area contributed by atoms with Crippen LogP contribution in [0.4, 0.5) is 4.39 Å². The second kappa shape index (κ2) is 10.1. The van der Waals surface area contributed by atoms with E-state index in [9.17, 15) is 22.4 Å². The minimum atomic E-state index is -3.75. The molecular formula is C25H29FN2O4S. The van der Waals surface area contributed by atoms with Crippen LogP contribution < -0.4 is 0 Å². The van der Waals surface area contributed by atoms with E-state index >= 15 is 0 Å². The highest BCUT2D eigenvalue weighted by Gasteiger charge is 2.28. The van der Waals surface area contributed by atoms with Gasteiger partial charge in [-0.25, -0.2) is 12.8 Å². The third-order valence-corrected chi connectivity index (χ3v) is 8.41. The van der Waals surface area contributed by atoms with Crippen molar-refractivity contribution in [1.29, 1.82) is 0 Å². The summed E-state index contributed by atoms with van der Waals surface area (Å²) in [5.74, 6) is -0.666. The fraction of sp³-hybridized carbons (Fsp3) is 0.440.